The summed E-state index contributed by atoms with van der Waals surface area (Å²) in [6, 6.07) is 1.97. The molecule has 0 unspecified atom stereocenters. The zero-order valence-electron chi connectivity index (χ0n) is 7.66. The van der Waals surface area contributed by atoms with E-state index in [0.717, 1.165) is 19.7 Å². The van der Waals surface area contributed by atoms with E-state index >= 15 is 0 Å². The summed E-state index contributed by atoms with van der Waals surface area (Å²) in [7, 11) is 0. The van der Waals surface area contributed by atoms with Crippen LogP contribution in [-0.4, -0.2) is 19.3 Å². The van der Waals surface area contributed by atoms with Gasteiger partial charge in [0.05, 0.1) is 18.6 Å². The average molecular weight is 181 g/mol. The molecular weight excluding hydrogens is 166 g/mol. The van der Waals surface area contributed by atoms with Gasteiger partial charge in [0.25, 0.3) is 0 Å². The zero-order chi connectivity index (χ0) is 8.93. The van der Waals surface area contributed by atoms with Crippen LogP contribution in [0.2, 0.25) is 0 Å². The quantitative estimate of drug-likeness (QED) is 0.765. The topological polar surface area (TPSA) is 34.4 Å². The lowest BCUT2D eigenvalue weighted by Crippen LogP contribution is -2.25. The second-order valence-corrected chi connectivity index (χ2v) is 3.40. The van der Waals surface area contributed by atoms with Gasteiger partial charge in [-0.1, -0.05) is 0 Å². The Morgan fingerprint density at radius 2 is 2.54 bits per heavy atom. The second kappa shape index (κ2) is 4.44. The number of ether oxygens (including phenoxy) is 1. The molecule has 3 nitrogen and oxygen atoms in total. The van der Waals surface area contributed by atoms with E-state index in [0.29, 0.717) is 6.10 Å². The molecule has 1 aromatic rings. The van der Waals surface area contributed by atoms with Gasteiger partial charge in [-0.05, 0) is 18.9 Å². The van der Waals surface area contributed by atoms with Crippen molar-refractivity contribution in [3.63, 3.8) is 0 Å². The molecule has 0 spiro atoms. The summed E-state index contributed by atoms with van der Waals surface area (Å²) in [5, 5.41) is 3.34. The van der Waals surface area contributed by atoms with Crippen LogP contribution in [0.1, 0.15) is 18.4 Å². The third kappa shape index (κ3) is 2.57. The summed E-state index contributed by atoms with van der Waals surface area (Å²) in [4.78, 5) is 0. The van der Waals surface area contributed by atoms with Crippen molar-refractivity contribution < 1.29 is 9.15 Å². The number of nitrogens with one attached hydrogen (secondary N) is 1. The highest BCUT2D eigenvalue weighted by Crippen LogP contribution is 2.10. The van der Waals surface area contributed by atoms with E-state index < -0.39 is 0 Å². The van der Waals surface area contributed by atoms with Crippen LogP contribution in [0.4, 0.5) is 0 Å². The second-order valence-electron chi connectivity index (χ2n) is 3.40. The molecular formula is C10H15NO2. The molecule has 1 saturated heterocycles. The van der Waals surface area contributed by atoms with Crippen molar-refractivity contribution in [3.8, 4) is 0 Å². The Labute approximate surface area is 78.1 Å². The van der Waals surface area contributed by atoms with Crippen LogP contribution < -0.4 is 5.32 Å². The summed E-state index contributed by atoms with van der Waals surface area (Å²) < 4.78 is 10.5. The third-order valence-electron chi connectivity index (χ3n) is 2.31. The molecule has 0 aliphatic carbocycles. The van der Waals surface area contributed by atoms with Crippen molar-refractivity contribution in [1.29, 1.82) is 0 Å². The largest absolute Gasteiger partial charge is 0.472 e. The zero-order valence-corrected chi connectivity index (χ0v) is 7.66. The monoisotopic (exact) mass is 181 g/mol. The first kappa shape index (κ1) is 8.78. The summed E-state index contributed by atoms with van der Waals surface area (Å²) in [6.07, 6.45) is 6.29. The normalized spacial score (nSPS) is 22.3. The summed E-state index contributed by atoms with van der Waals surface area (Å²) >= 11 is 0. The Bertz CT molecular complexity index is 227. The smallest absolute Gasteiger partial charge is 0.0947 e. The highest BCUT2D eigenvalue weighted by Gasteiger charge is 2.14. The summed E-state index contributed by atoms with van der Waals surface area (Å²) in [5.41, 5.74) is 1.19. The van der Waals surface area contributed by atoms with Gasteiger partial charge in [-0.25, -0.2) is 0 Å². The van der Waals surface area contributed by atoms with Crippen LogP contribution in [-0.2, 0) is 11.3 Å². The molecule has 0 radical (unpaired) electrons. The minimum atomic E-state index is 0.423. The standard InChI is InChI=1S/C10H15NO2/c1-2-10(13-4-1)7-11-6-9-3-5-12-8-9/h3,5,8,10-11H,1-2,4,6-7H2/t10-/m1/s1. The maximum atomic E-state index is 5.49. The lowest BCUT2D eigenvalue weighted by molar-refractivity contribution is 0.110. The molecule has 1 aromatic heterocycles. The van der Waals surface area contributed by atoms with Gasteiger partial charge >= 0.3 is 0 Å². The van der Waals surface area contributed by atoms with Gasteiger partial charge in [-0.3, -0.25) is 0 Å². The summed E-state index contributed by atoms with van der Waals surface area (Å²) in [5.74, 6) is 0. The minimum Gasteiger partial charge on any atom is -0.472 e. The van der Waals surface area contributed by atoms with Gasteiger partial charge < -0.3 is 14.5 Å². The van der Waals surface area contributed by atoms with Crippen molar-refractivity contribution in [1.82, 2.24) is 5.32 Å². The maximum Gasteiger partial charge on any atom is 0.0947 e. The fourth-order valence-electron chi connectivity index (χ4n) is 1.58. The molecule has 1 aliphatic rings. The van der Waals surface area contributed by atoms with Crippen molar-refractivity contribution in [2.24, 2.45) is 0 Å². The van der Waals surface area contributed by atoms with Crippen LogP contribution in [0.5, 0.6) is 0 Å². The van der Waals surface area contributed by atoms with Gasteiger partial charge in [0.2, 0.25) is 0 Å². The fraction of sp³-hybridized carbons (Fsp3) is 0.600. The van der Waals surface area contributed by atoms with Crippen molar-refractivity contribution in [2.45, 2.75) is 25.5 Å². The van der Waals surface area contributed by atoms with Crippen LogP contribution in [0.15, 0.2) is 23.0 Å². The van der Waals surface area contributed by atoms with Crippen LogP contribution >= 0.6 is 0 Å². The molecule has 1 aliphatic heterocycles. The molecule has 2 heterocycles. The fourth-order valence-corrected chi connectivity index (χ4v) is 1.58. The Hall–Kier alpha value is -0.800. The van der Waals surface area contributed by atoms with Crippen molar-refractivity contribution in [3.05, 3.63) is 24.2 Å². The number of furan rings is 1. The lowest BCUT2D eigenvalue weighted by atomic mass is 10.2. The Morgan fingerprint density at radius 1 is 1.54 bits per heavy atom. The van der Waals surface area contributed by atoms with Gasteiger partial charge in [-0.15, -0.1) is 0 Å². The van der Waals surface area contributed by atoms with Gasteiger partial charge in [-0.2, -0.15) is 0 Å². The first-order valence-electron chi connectivity index (χ1n) is 4.78. The lowest BCUT2D eigenvalue weighted by Gasteiger charge is -2.09. The molecule has 0 amide bonds. The summed E-state index contributed by atoms with van der Waals surface area (Å²) in [6.45, 7) is 2.75. The molecule has 72 valence electrons. The first-order chi connectivity index (χ1) is 6.45. The molecule has 3 heteroatoms. The van der Waals surface area contributed by atoms with E-state index in [4.69, 9.17) is 9.15 Å². The molecule has 2 rings (SSSR count). The highest BCUT2D eigenvalue weighted by atomic mass is 16.5. The molecule has 1 atom stereocenters. The predicted octanol–water partition coefficient (Wildman–Crippen LogP) is 1.55. The first-order valence-corrected chi connectivity index (χ1v) is 4.78. The number of hydrogen-bond acceptors (Lipinski definition) is 3. The number of hydrogen-bond donors (Lipinski definition) is 1. The van der Waals surface area contributed by atoms with Gasteiger partial charge in [0.1, 0.15) is 0 Å². The van der Waals surface area contributed by atoms with E-state index in [9.17, 15) is 0 Å². The van der Waals surface area contributed by atoms with Crippen LogP contribution in [0.25, 0.3) is 0 Å². The third-order valence-corrected chi connectivity index (χ3v) is 2.31. The maximum absolute atomic E-state index is 5.49. The van der Waals surface area contributed by atoms with E-state index in [1.807, 2.05) is 6.07 Å². The highest BCUT2D eigenvalue weighted by molar-refractivity contribution is 5.04. The van der Waals surface area contributed by atoms with Gasteiger partial charge in [0, 0.05) is 25.3 Å². The van der Waals surface area contributed by atoms with Crippen LogP contribution in [0.3, 0.4) is 0 Å². The van der Waals surface area contributed by atoms with Crippen LogP contribution in [0, 0.1) is 0 Å². The van der Waals surface area contributed by atoms with E-state index in [2.05, 4.69) is 5.32 Å². The van der Waals surface area contributed by atoms with E-state index in [1.165, 1.54) is 18.4 Å². The molecule has 0 aromatic carbocycles. The molecule has 13 heavy (non-hydrogen) atoms. The number of rotatable bonds is 4. The Kier molecular flexibility index (Phi) is 3.00. The molecule has 0 bridgehead atoms. The predicted molar refractivity (Wildman–Crippen MR) is 49.4 cm³/mol. The van der Waals surface area contributed by atoms with E-state index in [-0.39, 0.29) is 0 Å². The van der Waals surface area contributed by atoms with Crippen molar-refractivity contribution >= 4 is 0 Å². The van der Waals surface area contributed by atoms with Gasteiger partial charge in [0.15, 0.2) is 0 Å². The SMILES string of the molecule is c1cc(CNC[C@H]2CCCO2)co1. The Morgan fingerprint density at radius 3 is 3.23 bits per heavy atom. The molecule has 1 fully saturated rings. The molecule has 1 N–H and O–H groups in total. The average Bonchev–Trinajstić information content (AvgIpc) is 2.75. The van der Waals surface area contributed by atoms with Crippen molar-refractivity contribution in [2.75, 3.05) is 13.2 Å². The molecule has 0 saturated carbocycles. The Balaban J connectivity index is 1.63. The minimum absolute atomic E-state index is 0.423. The van der Waals surface area contributed by atoms with E-state index in [1.54, 1.807) is 12.5 Å².